The van der Waals surface area contributed by atoms with Gasteiger partial charge >= 0.3 is 0 Å². The van der Waals surface area contributed by atoms with Gasteiger partial charge in [0.1, 0.15) is 12.4 Å². The highest BCUT2D eigenvalue weighted by atomic mass is 35.5. The normalized spacial score (nSPS) is 12.2. The van der Waals surface area contributed by atoms with E-state index >= 15 is 0 Å². The molecule has 1 unspecified atom stereocenters. The van der Waals surface area contributed by atoms with Crippen LogP contribution in [0.5, 0.6) is 5.75 Å². The van der Waals surface area contributed by atoms with Crippen molar-refractivity contribution >= 4 is 23.2 Å². The molecule has 0 aliphatic rings. The van der Waals surface area contributed by atoms with Gasteiger partial charge in [-0.2, -0.15) is 0 Å². The molecule has 2 nitrogen and oxygen atoms in total. The summed E-state index contributed by atoms with van der Waals surface area (Å²) >= 11 is 12.1. The summed E-state index contributed by atoms with van der Waals surface area (Å²) in [6.07, 6.45) is 0.791. The molecule has 0 saturated carbocycles. The molecule has 0 saturated heterocycles. The van der Waals surface area contributed by atoms with E-state index in [9.17, 15) is 0 Å². The lowest BCUT2D eigenvalue weighted by Crippen LogP contribution is -2.33. The summed E-state index contributed by atoms with van der Waals surface area (Å²) in [6.45, 7) is 0.583. The van der Waals surface area contributed by atoms with Gasteiger partial charge in [-0.1, -0.05) is 47.5 Å². The molecule has 0 heterocycles. The lowest BCUT2D eigenvalue weighted by molar-refractivity contribution is 0.270. The number of likely N-dealkylation sites (N-methyl/N-ethyl adjacent to an activating group) is 1. The fourth-order valence-electron chi connectivity index (χ4n) is 1.91. The molecule has 0 aromatic heterocycles. The molecule has 2 rings (SSSR count). The van der Waals surface area contributed by atoms with Crippen molar-refractivity contribution in [3.05, 3.63) is 64.1 Å². The molecule has 0 fully saturated rings. The van der Waals surface area contributed by atoms with Gasteiger partial charge in [0.15, 0.2) is 0 Å². The predicted molar refractivity (Wildman–Crippen MR) is 85.0 cm³/mol. The van der Waals surface area contributed by atoms with Gasteiger partial charge in [0.2, 0.25) is 0 Å². The number of hydrogen-bond donors (Lipinski definition) is 1. The molecule has 0 aliphatic carbocycles. The second kappa shape index (κ2) is 7.53. The third kappa shape index (κ3) is 4.41. The van der Waals surface area contributed by atoms with Crippen molar-refractivity contribution in [2.75, 3.05) is 13.7 Å². The summed E-state index contributed by atoms with van der Waals surface area (Å²) in [5, 5.41) is 4.59. The first-order valence-corrected chi connectivity index (χ1v) is 7.23. The van der Waals surface area contributed by atoms with Crippen LogP contribution < -0.4 is 10.1 Å². The van der Waals surface area contributed by atoms with Gasteiger partial charge in [-0.05, 0) is 43.3 Å². The van der Waals surface area contributed by atoms with E-state index in [1.165, 1.54) is 0 Å². The molecule has 0 bridgehead atoms. The third-order valence-electron chi connectivity index (χ3n) is 3.08. The Kier molecular flexibility index (Phi) is 5.72. The summed E-state index contributed by atoms with van der Waals surface area (Å²) < 4.78 is 5.76. The molecule has 0 amide bonds. The largest absolute Gasteiger partial charge is 0.492 e. The number of hydrogen-bond acceptors (Lipinski definition) is 2. The SMILES string of the molecule is CNC(COc1ccccc1)Cc1ccc(Cl)cc1Cl. The minimum Gasteiger partial charge on any atom is -0.492 e. The Morgan fingerprint density at radius 2 is 1.85 bits per heavy atom. The van der Waals surface area contributed by atoms with Crippen molar-refractivity contribution in [1.29, 1.82) is 0 Å². The van der Waals surface area contributed by atoms with E-state index in [4.69, 9.17) is 27.9 Å². The molecule has 2 aromatic rings. The van der Waals surface area contributed by atoms with Crippen molar-refractivity contribution in [3.63, 3.8) is 0 Å². The van der Waals surface area contributed by atoms with Crippen molar-refractivity contribution in [2.45, 2.75) is 12.5 Å². The van der Waals surface area contributed by atoms with Crippen LogP contribution in [0.1, 0.15) is 5.56 Å². The summed E-state index contributed by atoms with van der Waals surface area (Å²) in [4.78, 5) is 0. The number of ether oxygens (including phenoxy) is 1. The van der Waals surface area contributed by atoms with Gasteiger partial charge in [0.25, 0.3) is 0 Å². The van der Waals surface area contributed by atoms with Crippen molar-refractivity contribution in [2.24, 2.45) is 0 Å². The first kappa shape index (κ1) is 15.2. The lowest BCUT2D eigenvalue weighted by atomic mass is 10.1. The van der Waals surface area contributed by atoms with E-state index in [2.05, 4.69) is 5.32 Å². The molecule has 0 radical (unpaired) electrons. The first-order valence-electron chi connectivity index (χ1n) is 6.48. The Balaban J connectivity index is 1.95. The third-order valence-corrected chi connectivity index (χ3v) is 3.67. The van der Waals surface area contributed by atoms with Gasteiger partial charge in [0, 0.05) is 16.1 Å². The monoisotopic (exact) mass is 309 g/mol. The maximum absolute atomic E-state index is 6.19. The van der Waals surface area contributed by atoms with E-state index in [1.54, 1.807) is 6.07 Å². The van der Waals surface area contributed by atoms with Crippen LogP contribution >= 0.6 is 23.2 Å². The smallest absolute Gasteiger partial charge is 0.119 e. The molecule has 4 heteroatoms. The Labute approximate surface area is 129 Å². The Bertz CT molecular complexity index is 545. The van der Waals surface area contributed by atoms with Crippen LogP contribution in [0.3, 0.4) is 0 Å². The second-order valence-corrected chi connectivity index (χ2v) is 5.39. The van der Waals surface area contributed by atoms with E-state index in [1.807, 2.05) is 49.5 Å². The minimum absolute atomic E-state index is 0.189. The summed E-state index contributed by atoms with van der Waals surface area (Å²) in [7, 11) is 1.92. The number of nitrogens with one attached hydrogen (secondary N) is 1. The second-order valence-electron chi connectivity index (χ2n) is 4.55. The topological polar surface area (TPSA) is 21.3 Å². The van der Waals surface area contributed by atoms with Crippen molar-refractivity contribution in [3.8, 4) is 5.75 Å². The zero-order valence-electron chi connectivity index (χ0n) is 11.3. The molecular formula is C16H17Cl2NO. The highest BCUT2D eigenvalue weighted by Crippen LogP contribution is 2.22. The average molecular weight is 310 g/mol. The Morgan fingerprint density at radius 1 is 1.10 bits per heavy atom. The van der Waals surface area contributed by atoms with E-state index in [0.29, 0.717) is 16.7 Å². The maximum atomic E-state index is 6.19. The Morgan fingerprint density at radius 3 is 2.50 bits per heavy atom. The van der Waals surface area contributed by atoms with Crippen LogP contribution in [0, 0.1) is 0 Å². The highest BCUT2D eigenvalue weighted by Gasteiger charge is 2.11. The highest BCUT2D eigenvalue weighted by molar-refractivity contribution is 6.35. The van der Waals surface area contributed by atoms with Gasteiger partial charge in [-0.25, -0.2) is 0 Å². The molecule has 2 aromatic carbocycles. The van der Waals surface area contributed by atoms with E-state index < -0.39 is 0 Å². The number of benzene rings is 2. The van der Waals surface area contributed by atoms with Crippen molar-refractivity contribution in [1.82, 2.24) is 5.32 Å². The van der Waals surface area contributed by atoms with Gasteiger partial charge in [-0.3, -0.25) is 0 Å². The van der Waals surface area contributed by atoms with Crippen LogP contribution in [0.25, 0.3) is 0 Å². The van der Waals surface area contributed by atoms with Crippen LogP contribution in [0.4, 0.5) is 0 Å². The molecular weight excluding hydrogens is 293 g/mol. The molecule has 106 valence electrons. The van der Waals surface area contributed by atoms with Gasteiger partial charge in [0.05, 0.1) is 0 Å². The average Bonchev–Trinajstić information content (AvgIpc) is 2.46. The van der Waals surface area contributed by atoms with Crippen LogP contribution in [0.2, 0.25) is 10.0 Å². The fourth-order valence-corrected chi connectivity index (χ4v) is 2.40. The quantitative estimate of drug-likeness (QED) is 0.863. The standard InChI is InChI=1S/C16H17Cl2NO/c1-19-14(11-20-15-5-3-2-4-6-15)9-12-7-8-13(17)10-16(12)18/h2-8,10,14,19H,9,11H2,1H3. The molecule has 1 atom stereocenters. The summed E-state index contributed by atoms with van der Waals surface area (Å²) in [6, 6.07) is 15.5. The zero-order chi connectivity index (χ0) is 14.4. The molecule has 0 aliphatic heterocycles. The Hall–Kier alpha value is -1.22. The maximum Gasteiger partial charge on any atom is 0.119 e. The minimum atomic E-state index is 0.189. The summed E-state index contributed by atoms with van der Waals surface area (Å²) in [5.41, 5.74) is 1.06. The van der Waals surface area contributed by atoms with Crippen LogP contribution in [-0.4, -0.2) is 19.7 Å². The van der Waals surface area contributed by atoms with Crippen molar-refractivity contribution < 1.29 is 4.74 Å². The predicted octanol–water partition coefficient (Wildman–Crippen LogP) is 4.20. The number of rotatable bonds is 6. The van der Waals surface area contributed by atoms with E-state index in [0.717, 1.165) is 17.7 Å². The molecule has 1 N–H and O–H groups in total. The molecule has 20 heavy (non-hydrogen) atoms. The number of halogens is 2. The van der Waals surface area contributed by atoms with Crippen LogP contribution in [0.15, 0.2) is 48.5 Å². The van der Waals surface area contributed by atoms with Crippen LogP contribution in [-0.2, 0) is 6.42 Å². The number of para-hydroxylation sites is 1. The fraction of sp³-hybridized carbons (Fsp3) is 0.250. The zero-order valence-corrected chi connectivity index (χ0v) is 12.8. The summed E-state index contributed by atoms with van der Waals surface area (Å²) in [5.74, 6) is 0.870. The first-order chi connectivity index (χ1) is 9.69. The molecule has 0 spiro atoms. The van der Waals surface area contributed by atoms with E-state index in [-0.39, 0.29) is 6.04 Å². The van der Waals surface area contributed by atoms with Gasteiger partial charge in [-0.15, -0.1) is 0 Å². The van der Waals surface area contributed by atoms with Gasteiger partial charge < -0.3 is 10.1 Å². The lowest BCUT2D eigenvalue weighted by Gasteiger charge is -2.18.